The van der Waals surface area contributed by atoms with Crippen molar-refractivity contribution in [3.63, 3.8) is 0 Å². The molecular weight excluding hydrogens is 1040 g/mol. The summed E-state index contributed by atoms with van der Waals surface area (Å²) in [6.07, 6.45) is 22.7. The summed E-state index contributed by atoms with van der Waals surface area (Å²) in [6.45, 7) is 11.5. The zero-order chi connectivity index (χ0) is 52.2. The van der Waals surface area contributed by atoms with Gasteiger partial charge in [0.1, 0.15) is 36.2 Å². The highest BCUT2D eigenvalue weighted by Gasteiger charge is 2.28. The molecule has 0 radical (unpaired) electrons. The van der Waals surface area contributed by atoms with Gasteiger partial charge in [-0.25, -0.2) is 16.8 Å². The second-order valence-electron chi connectivity index (χ2n) is 20.8. The summed E-state index contributed by atoms with van der Waals surface area (Å²) in [6, 6.07) is 30.2. The van der Waals surface area contributed by atoms with Crippen LogP contribution in [0.25, 0.3) is 0 Å². The van der Waals surface area contributed by atoms with Crippen LogP contribution in [0.3, 0.4) is 0 Å². The third-order valence-electron chi connectivity index (χ3n) is 14.6. The average Bonchev–Trinajstić information content (AvgIpc) is 3.39. The fraction of sp³-hybridized carbons (Fsp3) is 0.552. The fourth-order valence-electron chi connectivity index (χ4n) is 10.8. The van der Waals surface area contributed by atoms with E-state index in [9.17, 15) is 16.8 Å². The number of nitrogens with one attached hydrogen (secondary N) is 2. The molecule has 2 saturated carbocycles. The van der Waals surface area contributed by atoms with Gasteiger partial charge in [0.2, 0.25) is 20.0 Å². The number of ether oxygens (including phenoxy) is 2. The Morgan fingerprint density at radius 1 is 0.474 bits per heavy atom. The van der Waals surface area contributed by atoms with Crippen molar-refractivity contribution < 1.29 is 36.0 Å². The minimum Gasteiger partial charge on any atom is -0.457 e. The Bertz CT molecular complexity index is 2400. The van der Waals surface area contributed by atoms with Gasteiger partial charge in [-0.2, -0.15) is 0 Å². The van der Waals surface area contributed by atoms with Gasteiger partial charge in [-0.05, 0) is 174 Å². The molecule has 2 aliphatic carbocycles. The van der Waals surface area contributed by atoms with Crippen molar-refractivity contribution in [2.75, 3.05) is 61.3 Å². The van der Waals surface area contributed by atoms with Crippen LogP contribution < -0.4 is 18.9 Å². The van der Waals surface area contributed by atoms with Crippen LogP contribution in [0, 0.1) is 23.7 Å². The average molecular weight is 1130 g/mol. The van der Waals surface area contributed by atoms with Crippen LogP contribution in [0.4, 0.5) is 11.4 Å². The Morgan fingerprint density at radius 2 is 0.776 bits per heavy atom. The van der Waals surface area contributed by atoms with Gasteiger partial charge in [0.05, 0.1) is 23.9 Å². The number of oxime groups is 2. The summed E-state index contributed by atoms with van der Waals surface area (Å²) in [4.78, 5) is 16.1. The molecule has 0 spiro atoms. The van der Waals surface area contributed by atoms with E-state index in [1.807, 2.05) is 38.1 Å². The number of anilines is 2. The predicted molar refractivity (Wildman–Crippen MR) is 314 cm³/mol. The molecule has 2 heterocycles. The maximum Gasteiger partial charge on any atom is 0.229 e. The van der Waals surface area contributed by atoms with Gasteiger partial charge in [-0.1, -0.05) is 98.8 Å². The molecule has 14 nitrogen and oxygen atoms in total. The van der Waals surface area contributed by atoms with Crippen molar-refractivity contribution in [3.05, 3.63) is 108 Å². The summed E-state index contributed by atoms with van der Waals surface area (Å²) in [5.74, 6) is 5.48. The molecular formula is C58H84Cl2N6O8S2. The number of nitrogens with zero attached hydrogens (tertiary/aromatic N) is 4. The third kappa shape index (κ3) is 22.0. The summed E-state index contributed by atoms with van der Waals surface area (Å²) >= 11 is 0. The molecule has 0 bridgehead atoms. The molecule has 0 amide bonds. The van der Waals surface area contributed by atoms with Crippen LogP contribution in [0.2, 0.25) is 0 Å². The Hall–Kier alpha value is -4.58. The maximum absolute atomic E-state index is 11.4. The quantitative estimate of drug-likeness (QED) is 0.0573. The number of halogens is 2. The monoisotopic (exact) mass is 1130 g/mol. The van der Waals surface area contributed by atoms with E-state index in [1.54, 1.807) is 48.5 Å². The first-order chi connectivity index (χ1) is 35.8. The molecule has 2 saturated heterocycles. The van der Waals surface area contributed by atoms with E-state index in [0.29, 0.717) is 47.9 Å². The topological polar surface area (TPSA) is 160 Å². The van der Waals surface area contributed by atoms with Crippen LogP contribution >= 0.6 is 24.8 Å². The highest BCUT2D eigenvalue weighted by Crippen LogP contribution is 2.33. The van der Waals surface area contributed by atoms with E-state index in [0.717, 1.165) is 114 Å². The zero-order valence-corrected chi connectivity index (χ0v) is 48.5. The van der Waals surface area contributed by atoms with Crippen molar-refractivity contribution in [1.82, 2.24) is 9.80 Å². The van der Waals surface area contributed by atoms with E-state index in [1.165, 1.54) is 86.8 Å². The van der Waals surface area contributed by atoms with Crippen LogP contribution in [-0.4, -0.2) is 90.0 Å². The van der Waals surface area contributed by atoms with Gasteiger partial charge in [0.25, 0.3) is 0 Å². The predicted octanol–water partition coefficient (Wildman–Crippen LogP) is 13.7. The minimum absolute atomic E-state index is 0. The highest BCUT2D eigenvalue weighted by atomic mass is 35.5. The second-order valence-corrected chi connectivity index (χ2v) is 24.3. The Balaban J connectivity index is 0.000000274. The van der Waals surface area contributed by atoms with Crippen molar-refractivity contribution in [2.24, 2.45) is 34.0 Å². The standard InChI is InChI=1S/2C29H41N3O4S.2ClH/c2*1-3-35-30-29(21-23-7-5-4-6-8-23)25-17-19-32(20-18-25)22-24-9-13-27(14-10-24)36-28-15-11-26(12-16-28)31-37(2,33)34;;/h2*9-16,23,25,31H,3-8,17-22H2,1-2H3;2*1H/b30-29+;30-29-;;. The lowest BCUT2D eigenvalue weighted by molar-refractivity contribution is 0.150. The zero-order valence-electron chi connectivity index (χ0n) is 45.2. The first-order valence-corrected chi connectivity index (χ1v) is 31.1. The number of hydrogen-bond acceptors (Lipinski definition) is 12. The third-order valence-corrected chi connectivity index (χ3v) is 15.8. The summed E-state index contributed by atoms with van der Waals surface area (Å²) in [7, 11) is -6.58. The van der Waals surface area contributed by atoms with Crippen molar-refractivity contribution in [2.45, 2.75) is 130 Å². The Morgan fingerprint density at radius 3 is 1.07 bits per heavy atom. The molecule has 76 heavy (non-hydrogen) atoms. The van der Waals surface area contributed by atoms with E-state index in [2.05, 4.69) is 53.8 Å². The van der Waals surface area contributed by atoms with Crippen molar-refractivity contribution in [3.8, 4) is 23.0 Å². The molecule has 0 aromatic heterocycles. The fourth-order valence-corrected chi connectivity index (χ4v) is 11.9. The van der Waals surface area contributed by atoms with Gasteiger partial charge in [0, 0.05) is 36.3 Å². The number of benzene rings is 4. The molecule has 2 aliphatic heterocycles. The van der Waals surface area contributed by atoms with E-state index in [-0.39, 0.29) is 24.8 Å². The van der Waals surface area contributed by atoms with Gasteiger partial charge in [0.15, 0.2) is 0 Å². The molecule has 4 aromatic rings. The largest absolute Gasteiger partial charge is 0.457 e. The van der Waals surface area contributed by atoms with Gasteiger partial charge >= 0.3 is 0 Å². The SMILES string of the molecule is CCO/N=C(/CC1CCCCC1)C1CCN(Cc2ccc(Oc3ccc(NS(C)(=O)=O)cc3)cc2)CC1.CCO/N=C(\CC1CCCCC1)C1CCN(Cc2ccc(Oc3ccc(NS(C)(=O)=O)cc3)cc2)CC1.Cl.Cl. The molecule has 420 valence electrons. The normalized spacial score (nSPS) is 18.0. The summed E-state index contributed by atoms with van der Waals surface area (Å²) in [5, 5.41) is 9.17. The van der Waals surface area contributed by atoms with E-state index in [4.69, 9.17) is 19.1 Å². The first kappa shape index (κ1) is 62.3. The lowest BCUT2D eigenvalue weighted by atomic mass is 9.81. The molecule has 4 aliphatic rings. The van der Waals surface area contributed by atoms with Crippen LogP contribution in [0.5, 0.6) is 23.0 Å². The second kappa shape index (κ2) is 31.7. The van der Waals surface area contributed by atoms with Gasteiger partial charge in [-0.3, -0.25) is 19.2 Å². The molecule has 8 rings (SSSR count). The number of hydrogen-bond donors (Lipinski definition) is 2. The van der Waals surface area contributed by atoms with Crippen LogP contribution in [0.1, 0.15) is 128 Å². The number of likely N-dealkylation sites (tertiary alicyclic amines) is 2. The highest BCUT2D eigenvalue weighted by molar-refractivity contribution is 7.92. The summed E-state index contributed by atoms with van der Waals surface area (Å²) in [5.41, 5.74) is 6.16. The molecule has 0 unspecified atom stereocenters. The smallest absolute Gasteiger partial charge is 0.229 e. The molecule has 4 fully saturated rings. The number of piperidine rings is 2. The van der Waals surface area contributed by atoms with E-state index >= 15 is 0 Å². The van der Waals surface area contributed by atoms with Crippen molar-refractivity contribution in [1.29, 1.82) is 0 Å². The maximum atomic E-state index is 11.4. The van der Waals surface area contributed by atoms with Crippen LogP contribution in [-0.2, 0) is 42.8 Å². The Labute approximate surface area is 467 Å². The van der Waals surface area contributed by atoms with Gasteiger partial charge in [-0.15, -0.1) is 24.8 Å². The van der Waals surface area contributed by atoms with Gasteiger partial charge < -0.3 is 19.1 Å². The summed E-state index contributed by atoms with van der Waals surface area (Å²) < 4.78 is 62.2. The van der Waals surface area contributed by atoms with Crippen molar-refractivity contribution >= 4 is 67.7 Å². The molecule has 0 atom stereocenters. The Kier molecular flexibility index (Phi) is 26.0. The number of sulfonamides is 2. The molecule has 2 N–H and O–H groups in total. The molecule has 18 heteroatoms. The first-order valence-electron chi connectivity index (χ1n) is 27.3. The molecule has 4 aromatic carbocycles. The van der Waals surface area contributed by atoms with Crippen LogP contribution in [0.15, 0.2) is 107 Å². The number of rotatable bonds is 22. The lowest BCUT2D eigenvalue weighted by Crippen LogP contribution is -2.36. The van der Waals surface area contributed by atoms with E-state index < -0.39 is 20.0 Å². The lowest BCUT2D eigenvalue weighted by Gasteiger charge is -2.33. The minimum atomic E-state index is -3.29.